The standard InChI is InChI=1S/C14H20BrNO/c1-14(2,3)10-16-13(17)9-8-11-6-4-5-7-12(11)15/h4-7H,8-10H2,1-3H3,(H,16,17). The van der Waals surface area contributed by atoms with Crippen molar-refractivity contribution in [3.8, 4) is 0 Å². The average Bonchev–Trinajstić information content (AvgIpc) is 2.24. The van der Waals surface area contributed by atoms with Crippen molar-refractivity contribution in [1.82, 2.24) is 5.32 Å². The maximum atomic E-state index is 11.6. The molecule has 0 aliphatic carbocycles. The van der Waals surface area contributed by atoms with E-state index in [2.05, 4.69) is 42.0 Å². The fourth-order valence-electron chi connectivity index (χ4n) is 1.40. The Kier molecular flexibility index (Phi) is 5.19. The second-order valence-corrected chi connectivity index (χ2v) is 6.28. The second-order valence-electron chi connectivity index (χ2n) is 5.43. The van der Waals surface area contributed by atoms with Crippen LogP contribution in [0.4, 0.5) is 0 Å². The van der Waals surface area contributed by atoms with Crippen molar-refractivity contribution in [1.29, 1.82) is 0 Å². The summed E-state index contributed by atoms with van der Waals surface area (Å²) >= 11 is 3.49. The van der Waals surface area contributed by atoms with Gasteiger partial charge in [-0.25, -0.2) is 0 Å². The van der Waals surface area contributed by atoms with Gasteiger partial charge < -0.3 is 5.32 Å². The minimum Gasteiger partial charge on any atom is -0.356 e. The van der Waals surface area contributed by atoms with Gasteiger partial charge in [0.1, 0.15) is 0 Å². The lowest BCUT2D eigenvalue weighted by Gasteiger charge is -2.18. The molecule has 0 saturated heterocycles. The summed E-state index contributed by atoms with van der Waals surface area (Å²) in [6.07, 6.45) is 1.32. The van der Waals surface area contributed by atoms with Crippen LogP contribution in [0, 0.1) is 5.41 Å². The lowest BCUT2D eigenvalue weighted by Crippen LogP contribution is -2.32. The van der Waals surface area contributed by atoms with Gasteiger partial charge in [-0.2, -0.15) is 0 Å². The summed E-state index contributed by atoms with van der Waals surface area (Å²) in [6, 6.07) is 8.02. The van der Waals surface area contributed by atoms with Gasteiger partial charge in [0.25, 0.3) is 0 Å². The van der Waals surface area contributed by atoms with Gasteiger partial charge in [0.2, 0.25) is 5.91 Å². The van der Waals surface area contributed by atoms with E-state index in [1.807, 2.05) is 24.3 Å². The Morgan fingerprint density at radius 3 is 2.53 bits per heavy atom. The highest BCUT2D eigenvalue weighted by Gasteiger charge is 2.11. The Morgan fingerprint density at radius 2 is 1.94 bits per heavy atom. The molecule has 0 spiro atoms. The van der Waals surface area contributed by atoms with E-state index in [0.29, 0.717) is 6.42 Å². The Balaban J connectivity index is 2.36. The number of carbonyl (C=O) groups excluding carboxylic acids is 1. The minimum atomic E-state index is 0.121. The van der Waals surface area contributed by atoms with Gasteiger partial charge in [-0.05, 0) is 23.5 Å². The third-order valence-corrected chi connectivity index (χ3v) is 3.17. The van der Waals surface area contributed by atoms with Crippen LogP contribution in [0.2, 0.25) is 0 Å². The Morgan fingerprint density at radius 1 is 1.29 bits per heavy atom. The van der Waals surface area contributed by atoms with E-state index in [4.69, 9.17) is 0 Å². The maximum absolute atomic E-state index is 11.6. The smallest absolute Gasteiger partial charge is 0.220 e. The van der Waals surface area contributed by atoms with Crippen LogP contribution < -0.4 is 5.32 Å². The van der Waals surface area contributed by atoms with Crippen molar-refractivity contribution in [2.75, 3.05) is 6.54 Å². The Labute approximate surface area is 112 Å². The van der Waals surface area contributed by atoms with Gasteiger partial charge in [0, 0.05) is 17.4 Å². The van der Waals surface area contributed by atoms with E-state index in [1.54, 1.807) is 0 Å². The molecule has 0 bridgehead atoms. The first-order chi connectivity index (χ1) is 7.88. The normalized spacial score (nSPS) is 11.3. The molecule has 0 radical (unpaired) electrons. The average molecular weight is 298 g/mol. The lowest BCUT2D eigenvalue weighted by atomic mass is 9.97. The predicted octanol–water partition coefficient (Wildman–Crippen LogP) is 3.54. The molecule has 1 amide bonds. The third kappa shape index (κ3) is 5.87. The fraction of sp³-hybridized carbons (Fsp3) is 0.500. The molecule has 3 heteroatoms. The first-order valence-electron chi connectivity index (χ1n) is 5.88. The summed E-state index contributed by atoms with van der Waals surface area (Å²) in [5.41, 5.74) is 1.32. The maximum Gasteiger partial charge on any atom is 0.220 e. The van der Waals surface area contributed by atoms with Gasteiger partial charge >= 0.3 is 0 Å². The van der Waals surface area contributed by atoms with Crippen LogP contribution in [0.1, 0.15) is 32.8 Å². The molecule has 1 aromatic rings. The molecule has 1 rings (SSSR count). The van der Waals surface area contributed by atoms with Crippen LogP contribution in [0.3, 0.4) is 0 Å². The number of hydrogen-bond donors (Lipinski definition) is 1. The van der Waals surface area contributed by atoms with Crippen LogP contribution in [0.15, 0.2) is 28.7 Å². The first-order valence-corrected chi connectivity index (χ1v) is 6.68. The van der Waals surface area contributed by atoms with Crippen molar-refractivity contribution < 1.29 is 4.79 Å². The Bertz CT molecular complexity index is 382. The molecule has 94 valence electrons. The van der Waals surface area contributed by atoms with E-state index in [9.17, 15) is 4.79 Å². The second kappa shape index (κ2) is 6.20. The summed E-state index contributed by atoms with van der Waals surface area (Å²) in [6.45, 7) is 7.06. The molecule has 1 aromatic carbocycles. The molecule has 2 nitrogen and oxygen atoms in total. The van der Waals surface area contributed by atoms with Gasteiger partial charge in [0.05, 0.1) is 0 Å². The summed E-state index contributed by atoms with van der Waals surface area (Å²) in [7, 11) is 0. The quantitative estimate of drug-likeness (QED) is 0.905. The number of nitrogens with one attached hydrogen (secondary N) is 1. The molecule has 0 fully saturated rings. The highest BCUT2D eigenvalue weighted by Crippen LogP contribution is 2.17. The molecule has 0 unspecified atom stereocenters. The SMILES string of the molecule is CC(C)(C)CNC(=O)CCc1ccccc1Br. The largest absolute Gasteiger partial charge is 0.356 e. The van der Waals surface area contributed by atoms with Crippen LogP contribution >= 0.6 is 15.9 Å². The van der Waals surface area contributed by atoms with Crippen molar-refractivity contribution in [2.24, 2.45) is 5.41 Å². The van der Waals surface area contributed by atoms with E-state index in [-0.39, 0.29) is 11.3 Å². The van der Waals surface area contributed by atoms with Gasteiger partial charge in [-0.1, -0.05) is 54.9 Å². The molecule has 0 heterocycles. The number of benzene rings is 1. The van der Waals surface area contributed by atoms with Gasteiger partial charge in [0.15, 0.2) is 0 Å². The van der Waals surface area contributed by atoms with Gasteiger partial charge in [-0.3, -0.25) is 4.79 Å². The zero-order chi connectivity index (χ0) is 12.9. The fourth-order valence-corrected chi connectivity index (χ4v) is 1.88. The predicted molar refractivity (Wildman–Crippen MR) is 74.9 cm³/mol. The number of aryl methyl sites for hydroxylation is 1. The van der Waals surface area contributed by atoms with Crippen LogP contribution in [-0.4, -0.2) is 12.5 Å². The zero-order valence-electron chi connectivity index (χ0n) is 10.7. The molecule has 17 heavy (non-hydrogen) atoms. The summed E-state index contributed by atoms with van der Waals surface area (Å²) < 4.78 is 1.07. The van der Waals surface area contributed by atoms with E-state index in [0.717, 1.165) is 17.4 Å². The molecule has 0 aliphatic rings. The molecule has 0 atom stereocenters. The highest BCUT2D eigenvalue weighted by molar-refractivity contribution is 9.10. The number of halogens is 1. The minimum absolute atomic E-state index is 0.121. The summed E-state index contributed by atoms with van der Waals surface area (Å²) in [5, 5.41) is 2.96. The molecule has 0 aromatic heterocycles. The van der Waals surface area contributed by atoms with E-state index < -0.39 is 0 Å². The van der Waals surface area contributed by atoms with Gasteiger partial charge in [-0.15, -0.1) is 0 Å². The first kappa shape index (κ1) is 14.2. The highest BCUT2D eigenvalue weighted by atomic mass is 79.9. The molecular weight excluding hydrogens is 278 g/mol. The summed E-state index contributed by atoms with van der Waals surface area (Å²) in [4.78, 5) is 11.6. The van der Waals surface area contributed by atoms with E-state index in [1.165, 1.54) is 5.56 Å². The number of amides is 1. The van der Waals surface area contributed by atoms with Crippen LogP contribution in [0.25, 0.3) is 0 Å². The summed E-state index contributed by atoms with van der Waals surface area (Å²) in [5.74, 6) is 0.121. The number of hydrogen-bond acceptors (Lipinski definition) is 1. The molecule has 0 saturated carbocycles. The monoisotopic (exact) mass is 297 g/mol. The molecule has 1 N–H and O–H groups in total. The van der Waals surface area contributed by atoms with Crippen molar-refractivity contribution in [3.63, 3.8) is 0 Å². The van der Waals surface area contributed by atoms with E-state index >= 15 is 0 Å². The van der Waals surface area contributed by atoms with Crippen molar-refractivity contribution in [3.05, 3.63) is 34.3 Å². The van der Waals surface area contributed by atoms with Crippen LogP contribution in [0.5, 0.6) is 0 Å². The lowest BCUT2D eigenvalue weighted by molar-refractivity contribution is -0.121. The number of carbonyl (C=O) groups is 1. The topological polar surface area (TPSA) is 29.1 Å². The number of rotatable bonds is 4. The van der Waals surface area contributed by atoms with Crippen LogP contribution in [-0.2, 0) is 11.2 Å². The molecular formula is C14H20BrNO. The van der Waals surface area contributed by atoms with Crippen molar-refractivity contribution in [2.45, 2.75) is 33.6 Å². The molecule has 0 aliphatic heterocycles. The third-order valence-electron chi connectivity index (χ3n) is 2.40. The van der Waals surface area contributed by atoms with Crippen molar-refractivity contribution >= 4 is 21.8 Å². The Hall–Kier alpha value is -0.830. The zero-order valence-corrected chi connectivity index (χ0v) is 12.3.